The topological polar surface area (TPSA) is 67.0 Å². The highest BCUT2D eigenvalue weighted by molar-refractivity contribution is 5.79. The Morgan fingerprint density at radius 2 is 2.12 bits per heavy atom. The van der Waals surface area contributed by atoms with Crippen LogP contribution in [-0.4, -0.2) is 22.7 Å². The summed E-state index contributed by atoms with van der Waals surface area (Å²) in [7, 11) is 0. The highest BCUT2D eigenvalue weighted by Gasteiger charge is 2.24. The molecule has 2 N–H and O–H groups in total. The molecule has 0 unspecified atom stereocenters. The van der Waals surface area contributed by atoms with Crippen molar-refractivity contribution >= 4 is 5.91 Å². The van der Waals surface area contributed by atoms with E-state index >= 15 is 0 Å². The smallest absolute Gasteiger partial charge is 0.223 e. The quantitative estimate of drug-likeness (QED) is 0.845. The zero-order chi connectivity index (χ0) is 17.1. The van der Waals surface area contributed by atoms with Gasteiger partial charge in [0.2, 0.25) is 5.91 Å². The Morgan fingerprint density at radius 3 is 3.08 bits per heavy atom. The fourth-order valence-electron chi connectivity index (χ4n) is 3.90. The van der Waals surface area contributed by atoms with E-state index in [1.54, 1.807) is 0 Å². The minimum absolute atomic E-state index is 0.0406. The molecule has 0 saturated heterocycles. The number of aromatic nitrogens is 2. The third-order valence-corrected chi connectivity index (χ3v) is 5.36. The first-order valence-corrected chi connectivity index (χ1v) is 9.34. The first kappa shape index (κ1) is 16.2. The summed E-state index contributed by atoms with van der Waals surface area (Å²) < 4.78 is 5.77. The molecule has 0 fully saturated rings. The summed E-state index contributed by atoms with van der Waals surface area (Å²) in [4.78, 5) is 12.7. The van der Waals surface area contributed by atoms with Gasteiger partial charge in [0.1, 0.15) is 5.75 Å². The summed E-state index contributed by atoms with van der Waals surface area (Å²) in [6.45, 7) is 1.11. The van der Waals surface area contributed by atoms with Crippen LogP contribution in [-0.2, 0) is 30.6 Å². The van der Waals surface area contributed by atoms with Crippen molar-refractivity contribution in [1.29, 1.82) is 0 Å². The predicted octanol–water partition coefficient (Wildman–Crippen LogP) is 2.94. The molecule has 2 aliphatic rings. The van der Waals surface area contributed by atoms with Crippen molar-refractivity contribution in [1.82, 2.24) is 15.5 Å². The summed E-state index contributed by atoms with van der Waals surface area (Å²) in [5.74, 6) is 0.974. The average Bonchev–Trinajstić information content (AvgIpc) is 2.82. The molecule has 2 heterocycles. The van der Waals surface area contributed by atoms with E-state index in [4.69, 9.17) is 4.74 Å². The molecule has 0 radical (unpaired) electrons. The van der Waals surface area contributed by atoms with Gasteiger partial charge in [-0.05, 0) is 55.7 Å². The lowest BCUT2D eigenvalue weighted by molar-refractivity contribution is -0.125. The van der Waals surface area contributed by atoms with Gasteiger partial charge in [-0.3, -0.25) is 9.89 Å². The second-order valence-corrected chi connectivity index (χ2v) is 7.05. The molecule has 5 heteroatoms. The number of fused-ring (bicyclic) bond motifs is 2. The Balaban J connectivity index is 1.40. The first-order chi connectivity index (χ1) is 12.3. The van der Waals surface area contributed by atoms with E-state index in [-0.39, 0.29) is 11.8 Å². The zero-order valence-corrected chi connectivity index (χ0v) is 14.5. The van der Waals surface area contributed by atoms with Crippen LogP contribution in [0.3, 0.4) is 0 Å². The summed E-state index contributed by atoms with van der Waals surface area (Å²) >= 11 is 0. The molecule has 1 aliphatic carbocycles. The van der Waals surface area contributed by atoms with Gasteiger partial charge in [-0.25, -0.2) is 0 Å². The van der Waals surface area contributed by atoms with Crippen LogP contribution in [0.4, 0.5) is 0 Å². The van der Waals surface area contributed by atoms with Crippen molar-refractivity contribution in [3.63, 3.8) is 0 Å². The van der Waals surface area contributed by atoms with Gasteiger partial charge in [0.25, 0.3) is 0 Å². The van der Waals surface area contributed by atoms with Crippen molar-refractivity contribution in [2.24, 2.45) is 5.92 Å². The molecule has 4 rings (SSSR count). The lowest BCUT2D eigenvalue weighted by Crippen LogP contribution is -2.32. The molecule has 132 valence electrons. The molecule has 1 aromatic carbocycles. The van der Waals surface area contributed by atoms with Crippen molar-refractivity contribution in [3.8, 4) is 5.75 Å². The van der Waals surface area contributed by atoms with Gasteiger partial charge in [-0.1, -0.05) is 24.6 Å². The molecule has 1 aliphatic heterocycles. The molecular weight excluding hydrogens is 314 g/mol. The molecule has 0 bridgehead atoms. The number of rotatable bonds is 3. The Labute approximate surface area is 148 Å². The molecule has 25 heavy (non-hydrogen) atoms. The van der Waals surface area contributed by atoms with Gasteiger partial charge in [-0.15, -0.1) is 0 Å². The second kappa shape index (κ2) is 7.30. The number of para-hydroxylation sites is 1. The number of hydrogen-bond donors (Lipinski definition) is 2. The number of carbonyl (C=O) groups is 1. The van der Waals surface area contributed by atoms with E-state index in [1.807, 2.05) is 18.2 Å². The molecule has 1 amide bonds. The maximum absolute atomic E-state index is 12.7. The van der Waals surface area contributed by atoms with Gasteiger partial charge in [0, 0.05) is 11.6 Å². The van der Waals surface area contributed by atoms with Gasteiger partial charge < -0.3 is 10.1 Å². The number of amides is 1. The predicted molar refractivity (Wildman–Crippen MR) is 95.4 cm³/mol. The third kappa shape index (κ3) is 3.55. The van der Waals surface area contributed by atoms with E-state index in [1.165, 1.54) is 30.5 Å². The third-order valence-electron chi connectivity index (χ3n) is 5.36. The SMILES string of the molecule is O=C(NCc1n[nH]c2c1CCCCC2)[C@@H]1CCOc2ccccc2C1. The van der Waals surface area contributed by atoms with Crippen LogP contribution in [0.25, 0.3) is 0 Å². The number of nitrogens with one attached hydrogen (secondary N) is 2. The number of carbonyl (C=O) groups excluding carboxylic acids is 1. The Kier molecular flexibility index (Phi) is 4.72. The van der Waals surface area contributed by atoms with Crippen molar-refractivity contribution in [2.45, 2.75) is 51.5 Å². The molecule has 2 aromatic rings. The minimum Gasteiger partial charge on any atom is -0.493 e. The normalized spacial score (nSPS) is 19.8. The van der Waals surface area contributed by atoms with E-state index < -0.39 is 0 Å². The molecule has 1 atom stereocenters. The summed E-state index contributed by atoms with van der Waals surface area (Å²) in [5.41, 5.74) is 4.72. The Bertz CT molecular complexity index is 753. The van der Waals surface area contributed by atoms with Gasteiger partial charge in [-0.2, -0.15) is 5.10 Å². The van der Waals surface area contributed by atoms with Crippen LogP contribution < -0.4 is 10.1 Å². The van der Waals surface area contributed by atoms with E-state index in [9.17, 15) is 4.79 Å². The summed E-state index contributed by atoms with van der Waals surface area (Å²) in [6.07, 6.45) is 7.34. The standard InChI is InChI=1S/C20H25N3O2/c24-20(15-10-11-25-19-9-5-4-6-14(19)12-15)21-13-18-16-7-2-1-3-8-17(16)22-23-18/h4-6,9,15H,1-3,7-8,10-13H2,(H,21,24)(H,22,23)/t15-/m1/s1. The molecule has 1 aromatic heterocycles. The summed E-state index contributed by atoms with van der Waals surface area (Å²) in [5, 5.41) is 10.7. The maximum atomic E-state index is 12.7. The largest absolute Gasteiger partial charge is 0.493 e. The van der Waals surface area contributed by atoms with Crippen LogP contribution in [0.1, 0.15) is 48.2 Å². The second-order valence-electron chi connectivity index (χ2n) is 7.05. The highest BCUT2D eigenvalue weighted by atomic mass is 16.5. The number of H-pyrrole nitrogens is 1. The van der Waals surface area contributed by atoms with E-state index in [0.29, 0.717) is 13.2 Å². The average molecular weight is 339 g/mol. The zero-order valence-electron chi connectivity index (χ0n) is 14.5. The van der Waals surface area contributed by atoms with Gasteiger partial charge in [0.05, 0.1) is 18.8 Å². The first-order valence-electron chi connectivity index (χ1n) is 9.34. The van der Waals surface area contributed by atoms with E-state index in [2.05, 4.69) is 21.6 Å². The van der Waals surface area contributed by atoms with Gasteiger partial charge >= 0.3 is 0 Å². The van der Waals surface area contributed by atoms with Crippen LogP contribution in [0.5, 0.6) is 5.75 Å². The van der Waals surface area contributed by atoms with Gasteiger partial charge in [0.15, 0.2) is 0 Å². The van der Waals surface area contributed by atoms with Crippen molar-refractivity contribution < 1.29 is 9.53 Å². The molecule has 0 spiro atoms. The Morgan fingerprint density at radius 1 is 1.24 bits per heavy atom. The number of aromatic amines is 1. The monoisotopic (exact) mass is 339 g/mol. The minimum atomic E-state index is -0.0406. The Hall–Kier alpha value is -2.30. The maximum Gasteiger partial charge on any atom is 0.223 e. The molecular formula is C20H25N3O2. The van der Waals surface area contributed by atoms with E-state index in [0.717, 1.165) is 42.7 Å². The number of ether oxygens (including phenoxy) is 1. The fourth-order valence-corrected chi connectivity index (χ4v) is 3.90. The molecule has 0 saturated carbocycles. The summed E-state index contributed by atoms with van der Waals surface area (Å²) in [6, 6.07) is 8.01. The van der Waals surface area contributed by atoms with Crippen LogP contribution >= 0.6 is 0 Å². The van der Waals surface area contributed by atoms with Crippen molar-refractivity contribution in [3.05, 3.63) is 46.8 Å². The van der Waals surface area contributed by atoms with Crippen LogP contribution in [0.2, 0.25) is 0 Å². The number of benzene rings is 1. The molecule has 5 nitrogen and oxygen atoms in total. The number of aryl methyl sites for hydroxylation is 1. The lowest BCUT2D eigenvalue weighted by atomic mass is 9.96. The number of nitrogens with zero attached hydrogens (tertiary/aromatic N) is 1. The highest BCUT2D eigenvalue weighted by Crippen LogP contribution is 2.27. The van der Waals surface area contributed by atoms with Crippen molar-refractivity contribution in [2.75, 3.05) is 6.61 Å². The fraction of sp³-hybridized carbons (Fsp3) is 0.500. The van der Waals surface area contributed by atoms with Crippen LogP contribution in [0.15, 0.2) is 24.3 Å². The lowest BCUT2D eigenvalue weighted by Gasteiger charge is -2.14. The van der Waals surface area contributed by atoms with Crippen LogP contribution in [0, 0.1) is 5.92 Å². The number of hydrogen-bond acceptors (Lipinski definition) is 3.